The largest absolute Gasteiger partial charge is 0.573 e. The predicted octanol–water partition coefficient (Wildman–Crippen LogP) is 5.78. The van der Waals surface area contributed by atoms with E-state index in [9.17, 15) is 13.2 Å². The Morgan fingerprint density at radius 1 is 1.11 bits per heavy atom. The molecule has 2 aromatic heterocycles. The zero-order valence-electron chi connectivity index (χ0n) is 13.7. The molecule has 0 unspecified atom stereocenters. The van der Waals surface area contributed by atoms with Crippen molar-refractivity contribution < 1.29 is 17.9 Å². The highest BCUT2D eigenvalue weighted by Gasteiger charge is 2.31. The van der Waals surface area contributed by atoms with Crippen molar-refractivity contribution in [2.24, 2.45) is 0 Å². The molecule has 4 rings (SSSR count). The summed E-state index contributed by atoms with van der Waals surface area (Å²) in [6.07, 6.45) is -4.86. The van der Waals surface area contributed by atoms with Gasteiger partial charge in [-0.3, -0.25) is 0 Å². The lowest BCUT2D eigenvalue weighted by molar-refractivity contribution is -0.274. The Kier molecular flexibility index (Phi) is 4.45. The minimum atomic E-state index is -4.86. The number of aromatic amines is 1. The number of alkyl halides is 3. The van der Waals surface area contributed by atoms with Gasteiger partial charge < -0.3 is 4.74 Å². The van der Waals surface area contributed by atoms with Gasteiger partial charge in [0.25, 0.3) is 0 Å². The lowest BCUT2D eigenvalue weighted by Gasteiger charge is -2.11. The fourth-order valence-electron chi connectivity index (χ4n) is 2.74. The highest BCUT2D eigenvalue weighted by molar-refractivity contribution is 7.22. The van der Waals surface area contributed by atoms with Crippen molar-refractivity contribution in [2.75, 3.05) is 0 Å². The van der Waals surface area contributed by atoms with Crippen molar-refractivity contribution in [1.82, 2.24) is 15.4 Å². The number of hydrogen-bond acceptors (Lipinski definition) is 5. The summed E-state index contributed by atoms with van der Waals surface area (Å²) in [6.45, 7) is 0. The molecular formula is C18H8ClF3N4OS. The third-order valence-electron chi connectivity index (χ3n) is 3.84. The van der Waals surface area contributed by atoms with E-state index in [-0.39, 0.29) is 17.0 Å². The molecule has 0 aliphatic heterocycles. The molecular weight excluding hydrogens is 413 g/mol. The van der Waals surface area contributed by atoms with Crippen molar-refractivity contribution >= 4 is 33.0 Å². The fraction of sp³-hybridized carbons (Fsp3) is 0.0556. The molecule has 0 atom stereocenters. The smallest absolute Gasteiger partial charge is 0.406 e. The van der Waals surface area contributed by atoms with Crippen molar-refractivity contribution in [2.45, 2.75) is 6.36 Å². The molecule has 0 spiro atoms. The van der Waals surface area contributed by atoms with Crippen LogP contribution in [0, 0.1) is 11.3 Å². The van der Waals surface area contributed by atoms with Crippen LogP contribution in [0.4, 0.5) is 13.2 Å². The average molecular weight is 421 g/mol. The van der Waals surface area contributed by atoms with Crippen LogP contribution in [0.1, 0.15) is 5.69 Å². The summed E-state index contributed by atoms with van der Waals surface area (Å²) in [5.41, 5.74) is 0.942. The van der Waals surface area contributed by atoms with Crippen LogP contribution in [0.2, 0.25) is 5.02 Å². The number of nitrogens with one attached hydrogen (secondary N) is 1. The first-order valence-corrected chi connectivity index (χ1v) is 8.94. The molecule has 2 heterocycles. The minimum Gasteiger partial charge on any atom is -0.406 e. The topological polar surface area (TPSA) is 74.6 Å². The Bertz CT molecular complexity index is 1230. The molecule has 0 radical (unpaired) electrons. The van der Waals surface area contributed by atoms with E-state index in [1.807, 2.05) is 18.2 Å². The molecule has 0 aliphatic rings. The monoisotopic (exact) mass is 420 g/mol. The maximum absolute atomic E-state index is 12.8. The van der Waals surface area contributed by atoms with Crippen LogP contribution >= 0.6 is 22.9 Å². The van der Waals surface area contributed by atoms with Gasteiger partial charge in [-0.1, -0.05) is 16.8 Å². The van der Waals surface area contributed by atoms with E-state index in [4.69, 9.17) is 16.9 Å². The Morgan fingerprint density at radius 3 is 2.64 bits per heavy atom. The molecule has 0 amide bonds. The van der Waals surface area contributed by atoms with Gasteiger partial charge in [-0.2, -0.15) is 5.26 Å². The lowest BCUT2D eigenvalue weighted by atomic mass is 10.0. The molecule has 0 saturated carbocycles. The highest BCUT2D eigenvalue weighted by atomic mass is 35.5. The van der Waals surface area contributed by atoms with Gasteiger partial charge in [0.15, 0.2) is 5.69 Å². The SMILES string of the molecule is N#Cc1[nH]nnc1-c1cc(OC(F)(F)F)cc(-c2cc3cc(Cl)ccc3s2)c1. The molecule has 0 fully saturated rings. The summed E-state index contributed by atoms with van der Waals surface area (Å²) in [5, 5.41) is 20.3. The number of thiophene rings is 1. The summed E-state index contributed by atoms with van der Waals surface area (Å²) in [5.74, 6) is -0.414. The van der Waals surface area contributed by atoms with Gasteiger partial charge in [-0.15, -0.1) is 29.6 Å². The third-order valence-corrected chi connectivity index (χ3v) is 5.24. The van der Waals surface area contributed by atoms with Gasteiger partial charge in [0.2, 0.25) is 0 Å². The van der Waals surface area contributed by atoms with E-state index in [1.165, 1.54) is 23.5 Å². The number of hydrogen-bond donors (Lipinski definition) is 1. The van der Waals surface area contributed by atoms with E-state index in [1.54, 1.807) is 18.2 Å². The molecule has 10 heteroatoms. The molecule has 140 valence electrons. The van der Waals surface area contributed by atoms with Gasteiger partial charge in [-0.05, 0) is 53.4 Å². The number of aromatic nitrogens is 3. The molecule has 1 N–H and O–H groups in total. The Hall–Kier alpha value is -3.09. The van der Waals surface area contributed by atoms with E-state index in [0.717, 1.165) is 10.1 Å². The fourth-order valence-corrected chi connectivity index (χ4v) is 3.95. The van der Waals surface area contributed by atoms with Crippen LogP contribution in [0.3, 0.4) is 0 Å². The molecule has 2 aromatic carbocycles. The van der Waals surface area contributed by atoms with Crippen molar-refractivity contribution in [3.8, 4) is 33.5 Å². The second kappa shape index (κ2) is 6.82. The first kappa shape index (κ1) is 18.3. The summed E-state index contributed by atoms with van der Waals surface area (Å²) >= 11 is 7.41. The number of fused-ring (bicyclic) bond motifs is 1. The number of nitriles is 1. The van der Waals surface area contributed by atoms with Crippen molar-refractivity contribution in [3.63, 3.8) is 0 Å². The van der Waals surface area contributed by atoms with Crippen molar-refractivity contribution in [3.05, 3.63) is 53.2 Å². The third kappa shape index (κ3) is 3.65. The van der Waals surface area contributed by atoms with Gasteiger partial charge in [0.05, 0.1) is 0 Å². The van der Waals surface area contributed by atoms with Gasteiger partial charge in [0, 0.05) is 20.2 Å². The number of benzene rings is 2. The van der Waals surface area contributed by atoms with E-state index < -0.39 is 12.1 Å². The summed E-state index contributed by atoms with van der Waals surface area (Å²) < 4.78 is 43.4. The van der Waals surface area contributed by atoms with Crippen LogP contribution in [-0.4, -0.2) is 21.8 Å². The average Bonchev–Trinajstić information content (AvgIpc) is 3.26. The first-order chi connectivity index (χ1) is 13.3. The molecule has 0 bridgehead atoms. The number of H-pyrrole nitrogens is 1. The maximum Gasteiger partial charge on any atom is 0.573 e. The number of halogens is 4. The number of ether oxygens (including phenoxy) is 1. The summed E-state index contributed by atoms with van der Waals surface area (Å²) in [4.78, 5) is 0.716. The second-order valence-electron chi connectivity index (χ2n) is 5.73. The predicted molar refractivity (Wildman–Crippen MR) is 99.0 cm³/mol. The quantitative estimate of drug-likeness (QED) is 0.456. The molecule has 0 aliphatic carbocycles. The Balaban J connectivity index is 1.88. The second-order valence-corrected chi connectivity index (χ2v) is 7.25. The lowest BCUT2D eigenvalue weighted by Crippen LogP contribution is -2.17. The minimum absolute atomic E-state index is 0.0400. The summed E-state index contributed by atoms with van der Waals surface area (Å²) in [7, 11) is 0. The molecule has 0 saturated heterocycles. The van der Waals surface area contributed by atoms with Crippen LogP contribution in [0.25, 0.3) is 31.8 Å². The van der Waals surface area contributed by atoms with Gasteiger partial charge >= 0.3 is 6.36 Å². The first-order valence-electron chi connectivity index (χ1n) is 7.74. The zero-order valence-corrected chi connectivity index (χ0v) is 15.3. The Morgan fingerprint density at radius 2 is 1.89 bits per heavy atom. The highest BCUT2D eigenvalue weighted by Crippen LogP contribution is 2.39. The molecule has 5 nitrogen and oxygen atoms in total. The van der Waals surface area contributed by atoms with E-state index >= 15 is 0 Å². The van der Waals surface area contributed by atoms with Crippen LogP contribution in [-0.2, 0) is 0 Å². The van der Waals surface area contributed by atoms with Crippen LogP contribution in [0.15, 0.2) is 42.5 Å². The standard InChI is InChI=1S/C18H8ClF3N4OS/c19-12-1-2-15-10(4-12)7-16(28-15)9-3-11(17-14(8-23)24-26-25-17)6-13(5-9)27-18(20,21)22/h1-7H,(H,24,25,26). The summed E-state index contributed by atoms with van der Waals surface area (Å²) in [6, 6.07) is 13.2. The zero-order chi connectivity index (χ0) is 19.9. The van der Waals surface area contributed by atoms with Crippen LogP contribution in [0.5, 0.6) is 5.75 Å². The van der Waals surface area contributed by atoms with Gasteiger partial charge in [-0.25, -0.2) is 5.10 Å². The normalized spacial score (nSPS) is 11.5. The van der Waals surface area contributed by atoms with Crippen LogP contribution < -0.4 is 4.74 Å². The van der Waals surface area contributed by atoms with Crippen molar-refractivity contribution in [1.29, 1.82) is 5.26 Å². The number of nitrogens with zero attached hydrogens (tertiary/aromatic N) is 3. The molecule has 28 heavy (non-hydrogen) atoms. The van der Waals surface area contributed by atoms with E-state index in [2.05, 4.69) is 20.1 Å². The molecule has 4 aromatic rings. The number of rotatable bonds is 3. The van der Waals surface area contributed by atoms with E-state index in [0.29, 0.717) is 15.5 Å². The maximum atomic E-state index is 12.8. The van der Waals surface area contributed by atoms with Gasteiger partial charge in [0.1, 0.15) is 17.5 Å². The Labute approximate surface area is 164 Å².